The summed E-state index contributed by atoms with van der Waals surface area (Å²) in [6, 6.07) is 5.63. The molecule has 0 bridgehead atoms. The summed E-state index contributed by atoms with van der Waals surface area (Å²) in [4.78, 5) is 3.18. The highest BCUT2D eigenvalue weighted by Crippen LogP contribution is 2.45. The summed E-state index contributed by atoms with van der Waals surface area (Å²) in [5.41, 5.74) is -0.000139. The van der Waals surface area contributed by atoms with Gasteiger partial charge in [0.1, 0.15) is 17.5 Å². The van der Waals surface area contributed by atoms with Crippen LogP contribution in [0.3, 0.4) is 0 Å². The molecule has 2 fully saturated rings. The summed E-state index contributed by atoms with van der Waals surface area (Å²) < 4.78 is 64.4. The quantitative estimate of drug-likeness (QED) is 0.704. The Morgan fingerprint density at radius 3 is 2.38 bits per heavy atom. The molecule has 0 amide bonds. The molecule has 4 rings (SSSR count). The van der Waals surface area contributed by atoms with E-state index >= 15 is 0 Å². The molecule has 2 aromatic rings. The van der Waals surface area contributed by atoms with E-state index in [1.807, 2.05) is 16.7 Å². The van der Waals surface area contributed by atoms with Gasteiger partial charge in [-0.1, -0.05) is 6.07 Å². The molecule has 156 valence electrons. The molecule has 10 heteroatoms. The maximum Gasteiger partial charge on any atom is 0.416 e. The summed E-state index contributed by atoms with van der Waals surface area (Å²) in [5, 5.41) is 10.2. The molecule has 1 aromatic carbocycles. The van der Waals surface area contributed by atoms with Gasteiger partial charge >= 0.3 is 6.18 Å². The average molecular weight is 425 g/mol. The van der Waals surface area contributed by atoms with Crippen LogP contribution in [0, 0.1) is 11.3 Å². The van der Waals surface area contributed by atoms with E-state index in [0.29, 0.717) is 67.8 Å². The standard InChI is InChI=1S/C19H21F3N4O2S/c1-2-26-16-11-13(19(20,21)22)3-4-14(16)15(12-23)17(26)24-7-9-25(10-8-24)18(5-6-18)29(27)28/h3-4,11H,2,5-10H2,1H3,(H,27,28)/p-1. The van der Waals surface area contributed by atoms with Crippen LogP contribution in [-0.4, -0.2) is 49.3 Å². The van der Waals surface area contributed by atoms with E-state index < -0.39 is 27.7 Å². The maximum atomic E-state index is 13.2. The number of rotatable bonds is 4. The topological polar surface area (TPSA) is 75.3 Å². The lowest BCUT2D eigenvalue weighted by Gasteiger charge is -2.41. The van der Waals surface area contributed by atoms with Gasteiger partial charge in [-0.15, -0.1) is 0 Å². The van der Waals surface area contributed by atoms with E-state index in [9.17, 15) is 27.2 Å². The molecule has 1 aliphatic carbocycles. The van der Waals surface area contributed by atoms with Gasteiger partial charge in [0.25, 0.3) is 0 Å². The van der Waals surface area contributed by atoms with Gasteiger partial charge in [0.05, 0.1) is 16.0 Å². The Morgan fingerprint density at radius 1 is 1.24 bits per heavy atom. The first-order valence-electron chi connectivity index (χ1n) is 9.46. The Kier molecular flexibility index (Phi) is 4.88. The summed E-state index contributed by atoms with van der Waals surface area (Å²) in [7, 11) is 0. The van der Waals surface area contributed by atoms with Crippen molar-refractivity contribution in [2.75, 3.05) is 31.1 Å². The van der Waals surface area contributed by atoms with Crippen molar-refractivity contribution in [3.05, 3.63) is 29.3 Å². The van der Waals surface area contributed by atoms with E-state index in [2.05, 4.69) is 6.07 Å². The molecule has 1 atom stereocenters. The molecule has 2 aliphatic rings. The van der Waals surface area contributed by atoms with Crippen LogP contribution < -0.4 is 4.90 Å². The molecule has 1 unspecified atom stereocenters. The predicted molar refractivity (Wildman–Crippen MR) is 102 cm³/mol. The van der Waals surface area contributed by atoms with Crippen LogP contribution in [0.4, 0.5) is 19.0 Å². The first kappa shape index (κ1) is 20.2. The molecular weight excluding hydrogens is 405 g/mol. The van der Waals surface area contributed by atoms with Crippen LogP contribution in [0.5, 0.6) is 0 Å². The lowest BCUT2D eigenvalue weighted by atomic mass is 10.1. The lowest BCUT2D eigenvalue weighted by molar-refractivity contribution is -0.137. The summed E-state index contributed by atoms with van der Waals surface area (Å²) >= 11 is -2.16. The molecule has 1 saturated heterocycles. The second-order valence-electron chi connectivity index (χ2n) is 7.44. The van der Waals surface area contributed by atoms with Crippen molar-refractivity contribution in [3.8, 4) is 6.07 Å². The number of benzene rings is 1. The number of nitriles is 1. The molecule has 1 aromatic heterocycles. The molecule has 1 saturated carbocycles. The highest BCUT2D eigenvalue weighted by atomic mass is 32.2. The minimum Gasteiger partial charge on any atom is -0.771 e. The van der Waals surface area contributed by atoms with Crippen molar-refractivity contribution in [2.45, 2.75) is 37.4 Å². The smallest absolute Gasteiger partial charge is 0.416 e. The number of halogens is 3. The molecular formula is C19H20F3N4O2S-. The van der Waals surface area contributed by atoms with Crippen LogP contribution in [0.15, 0.2) is 18.2 Å². The van der Waals surface area contributed by atoms with Crippen molar-refractivity contribution >= 4 is 27.8 Å². The summed E-state index contributed by atoms with van der Waals surface area (Å²) in [6.07, 6.45) is -3.20. The van der Waals surface area contributed by atoms with Gasteiger partial charge < -0.3 is 14.0 Å². The summed E-state index contributed by atoms with van der Waals surface area (Å²) in [6.45, 7) is 4.33. The van der Waals surface area contributed by atoms with Crippen LogP contribution in [-0.2, 0) is 23.8 Å². The number of hydrogen-bond donors (Lipinski definition) is 0. The zero-order valence-electron chi connectivity index (χ0n) is 15.8. The number of piperazine rings is 1. The fourth-order valence-electron chi connectivity index (χ4n) is 4.29. The molecule has 0 spiro atoms. The third-order valence-corrected chi connectivity index (χ3v) is 7.22. The third-order valence-electron chi connectivity index (χ3n) is 5.94. The van der Waals surface area contributed by atoms with E-state index in [-0.39, 0.29) is 0 Å². The minimum absolute atomic E-state index is 0.359. The number of fused-ring (bicyclic) bond motifs is 1. The van der Waals surface area contributed by atoms with E-state index in [1.165, 1.54) is 6.07 Å². The monoisotopic (exact) mass is 425 g/mol. The van der Waals surface area contributed by atoms with Crippen molar-refractivity contribution < 1.29 is 21.9 Å². The van der Waals surface area contributed by atoms with E-state index in [4.69, 9.17) is 0 Å². The van der Waals surface area contributed by atoms with Crippen LogP contribution in [0.25, 0.3) is 10.9 Å². The molecule has 1 aliphatic heterocycles. The van der Waals surface area contributed by atoms with Crippen molar-refractivity contribution in [2.24, 2.45) is 0 Å². The highest BCUT2D eigenvalue weighted by Gasteiger charge is 2.50. The number of aryl methyl sites for hydroxylation is 1. The zero-order chi connectivity index (χ0) is 21.0. The number of aromatic nitrogens is 1. The molecule has 6 nitrogen and oxygen atoms in total. The van der Waals surface area contributed by atoms with Gasteiger partial charge in [-0.05, 0) is 43.0 Å². The van der Waals surface area contributed by atoms with Crippen LogP contribution in [0.2, 0.25) is 0 Å². The third kappa shape index (κ3) is 3.21. The minimum atomic E-state index is -4.46. The summed E-state index contributed by atoms with van der Waals surface area (Å²) in [5.74, 6) is 0.608. The highest BCUT2D eigenvalue weighted by molar-refractivity contribution is 7.80. The van der Waals surface area contributed by atoms with Crippen LogP contribution in [0.1, 0.15) is 30.9 Å². The Hall–Kier alpha value is -2.09. The molecule has 2 heterocycles. The van der Waals surface area contributed by atoms with Gasteiger partial charge in [0.15, 0.2) is 0 Å². The fourth-order valence-corrected chi connectivity index (χ4v) is 5.12. The first-order chi connectivity index (χ1) is 13.7. The zero-order valence-corrected chi connectivity index (χ0v) is 16.6. The van der Waals surface area contributed by atoms with E-state index in [1.54, 1.807) is 4.57 Å². The Bertz CT molecular complexity index is 1020. The number of alkyl halides is 3. The second kappa shape index (κ2) is 7.00. The molecule has 0 N–H and O–H groups in total. The van der Waals surface area contributed by atoms with Gasteiger partial charge in [0, 0.05) is 38.1 Å². The van der Waals surface area contributed by atoms with Crippen molar-refractivity contribution in [3.63, 3.8) is 0 Å². The van der Waals surface area contributed by atoms with Gasteiger partial charge in [-0.25, -0.2) is 0 Å². The number of nitrogens with zero attached hydrogens (tertiary/aromatic N) is 4. The largest absolute Gasteiger partial charge is 0.771 e. The maximum absolute atomic E-state index is 13.2. The van der Waals surface area contributed by atoms with Crippen molar-refractivity contribution in [1.82, 2.24) is 9.47 Å². The average Bonchev–Trinajstić information content (AvgIpc) is 3.44. The van der Waals surface area contributed by atoms with Gasteiger partial charge in [-0.3, -0.25) is 9.11 Å². The predicted octanol–water partition coefficient (Wildman–Crippen LogP) is 3.04. The van der Waals surface area contributed by atoms with E-state index in [0.717, 1.165) is 12.1 Å². The lowest BCUT2D eigenvalue weighted by Crippen LogP contribution is -2.53. The normalized spacial score (nSPS) is 20.6. The molecule has 0 radical (unpaired) electrons. The Balaban J connectivity index is 1.71. The van der Waals surface area contributed by atoms with Gasteiger partial charge in [-0.2, -0.15) is 18.4 Å². The number of hydrogen-bond acceptors (Lipinski definition) is 5. The SMILES string of the molecule is CCn1c(N2CCN(C3(S(=O)[O-])CC3)CC2)c(C#N)c2ccc(C(F)(F)F)cc21. The number of anilines is 1. The Labute approximate surface area is 168 Å². The van der Waals surface area contributed by atoms with Crippen LogP contribution >= 0.6 is 0 Å². The Morgan fingerprint density at radius 2 is 1.90 bits per heavy atom. The van der Waals surface area contributed by atoms with Crippen molar-refractivity contribution in [1.29, 1.82) is 5.26 Å². The molecule has 29 heavy (non-hydrogen) atoms. The fraction of sp³-hybridized carbons (Fsp3) is 0.526. The first-order valence-corrected chi connectivity index (χ1v) is 10.5. The second-order valence-corrected chi connectivity index (χ2v) is 8.67. The van der Waals surface area contributed by atoms with Gasteiger partial charge in [0.2, 0.25) is 0 Å².